The van der Waals surface area contributed by atoms with Crippen LogP contribution in [0, 0.1) is 6.92 Å². The van der Waals surface area contributed by atoms with E-state index in [1.807, 2.05) is 35.7 Å². The summed E-state index contributed by atoms with van der Waals surface area (Å²) < 4.78 is 4.98. The Labute approximate surface area is 209 Å². The van der Waals surface area contributed by atoms with Crippen molar-refractivity contribution < 1.29 is 24.2 Å². The van der Waals surface area contributed by atoms with Gasteiger partial charge in [0.1, 0.15) is 5.70 Å². The summed E-state index contributed by atoms with van der Waals surface area (Å²) in [5.41, 5.74) is 2.30. The van der Waals surface area contributed by atoms with Crippen molar-refractivity contribution in [3.05, 3.63) is 57.7 Å². The van der Waals surface area contributed by atoms with Crippen LogP contribution >= 0.6 is 11.3 Å². The van der Waals surface area contributed by atoms with E-state index >= 15 is 0 Å². The highest BCUT2D eigenvalue weighted by Crippen LogP contribution is 2.38. The number of carbonyl (C=O) groups is 3. The molecule has 10 heteroatoms. The lowest BCUT2D eigenvalue weighted by Crippen LogP contribution is -2.55. The molecule has 0 bridgehead atoms. The Morgan fingerprint density at radius 2 is 2.03 bits per heavy atom. The van der Waals surface area contributed by atoms with Gasteiger partial charge in [-0.1, -0.05) is 6.42 Å². The normalized spacial score (nSPS) is 16.5. The number of pyridine rings is 1. The van der Waals surface area contributed by atoms with E-state index in [-0.39, 0.29) is 17.2 Å². The van der Waals surface area contributed by atoms with Gasteiger partial charge in [0.05, 0.1) is 30.1 Å². The van der Waals surface area contributed by atoms with Crippen LogP contribution in [0.25, 0.3) is 0 Å². The fraction of sp³-hybridized carbons (Fsp3) is 0.440. The number of unbranched alkanes of at least 4 members (excludes halogenated alkanes) is 2. The monoisotopic (exact) mass is 500 g/mol. The Kier molecular flexibility index (Phi) is 9.39. The molecule has 0 aromatic carbocycles. The highest BCUT2D eigenvalue weighted by Gasteiger charge is 2.43. The Morgan fingerprint density at radius 1 is 1.23 bits per heavy atom. The molecule has 1 amide bonds. The molecule has 1 aliphatic rings. The lowest BCUT2D eigenvalue weighted by molar-refractivity contribution is -0.154. The van der Waals surface area contributed by atoms with E-state index in [2.05, 4.69) is 10.3 Å². The number of carboxylic acids is 1. The summed E-state index contributed by atoms with van der Waals surface area (Å²) in [4.78, 5) is 41.9. The number of nitrogens with zero attached hydrogens (tertiary/aromatic N) is 3. The lowest BCUT2D eigenvalue weighted by Gasteiger charge is -2.44. The van der Waals surface area contributed by atoms with Crippen LogP contribution in [-0.2, 0) is 19.1 Å². The van der Waals surface area contributed by atoms with Gasteiger partial charge in [-0.2, -0.15) is 11.3 Å². The lowest BCUT2D eigenvalue weighted by atomic mass is 9.95. The molecule has 0 spiro atoms. The zero-order valence-corrected chi connectivity index (χ0v) is 21.1. The zero-order valence-electron chi connectivity index (χ0n) is 20.3. The molecule has 1 atom stereocenters. The van der Waals surface area contributed by atoms with E-state index in [0.29, 0.717) is 44.6 Å². The van der Waals surface area contributed by atoms with Crippen LogP contribution in [0.5, 0.6) is 0 Å². The average Bonchev–Trinajstić information content (AvgIpc) is 3.36. The van der Waals surface area contributed by atoms with Crippen molar-refractivity contribution in [2.45, 2.75) is 52.5 Å². The number of hydrazine groups is 1. The first-order chi connectivity index (χ1) is 16.9. The topological polar surface area (TPSA) is 112 Å². The van der Waals surface area contributed by atoms with Gasteiger partial charge in [-0.15, -0.1) is 0 Å². The molecule has 0 saturated carbocycles. The highest BCUT2D eigenvalue weighted by atomic mass is 32.1. The second-order valence-electron chi connectivity index (χ2n) is 8.17. The number of esters is 1. The van der Waals surface area contributed by atoms with E-state index in [0.717, 1.165) is 17.5 Å². The summed E-state index contributed by atoms with van der Waals surface area (Å²) >= 11 is 1.48. The van der Waals surface area contributed by atoms with Gasteiger partial charge in [0, 0.05) is 25.7 Å². The summed E-state index contributed by atoms with van der Waals surface area (Å²) in [6.45, 7) is 6.73. The highest BCUT2D eigenvalue weighted by molar-refractivity contribution is 7.08. The molecule has 2 aromatic rings. The maximum atomic E-state index is 13.6. The first-order valence-electron chi connectivity index (χ1n) is 11.8. The van der Waals surface area contributed by atoms with E-state index < -0.39 is 17.9 Å². The number of nitrogens with one attached hydrogen (secondary N) is 1. The number of aliphatic carboxylic acids is 1. The molecule has 3 heterocycles. The summed E-state index contributed by atoms with van der Waals surface area (Å²) in [6.07, 6.45) is 5.69. The Morgan fingerprint density at radius 3 is 2.66 bits per heavy atom. The molecule has 9 nitrogen and oxygen atoms in total. The molecule has 0 radical (unpaired) electrons. The third kappa shape index (κ3) is 6.26. The molecular formula is C25H32N4O5S. The Hall–Kier alpha value is -3.24. The van der Waals surface area contributed by atoms with Gasteiger partial charge in [-0.05, 0) is 67.6 Å². The third-order valence-electron chi connectivity index (χ3n) is 5.86. The number of anilines is 1. The third-order valence-corrected chi connectivity index (χ3v) is 6.56. The number of thiophene rings is 1. The number of carbonyl (C=O) groups excluding carboxylic acids is 2. The van der Waals surface area contributed by atoms with Gasteiger partial charge in [0.25, 0.3) is 5.91 Å². The van der Waals surface area contributed by atoms with Crippen LogP contribution in [-0.4, -0.2) is 57.7 Å². The van der Waals surface area contributed by atoms with Crippen molar-refractivity contribution in [2.75, 3.05) is 25.0 Å². The van der Waals surface area contributed by atoms with E-state index in [1.165, 1.54) is 11.3 Å². The van der Waals surface area contributed by atoms with Gasteiger partial charge < -0.3 is 15.2 Å². The second kappa shape index (κ2) is 12.5. The smallest absolute Gasteiger partial charge is 0.335 e. The second-order valence-corrected chi connectivity index (χ2v) is 8.95. The van der Waals surface area contributed by atoms with Crippen molar-refractivity contribution >= 4 is 34.9 Å². The van der Waals surface area contributed by atoms with Crippen molar-refractivity contribution in [3.8, 4) is 0 Å². The van der Waals surface area contributed by atoms with Gasteiger partial charge >= 0.3 is 11.9 Å². The largest absolute Gasteiger partial charge is 0.478 e. The molecule has 1 aliphatic heterocycles. The first-order valence-corrected chi connectivity index (χ1v) is 12.7. The number of ether oxygens (including phenoxy) is 1. The average molecular weight is 501 g/mol. The van der Waals surface area contributed by atoms with Crippen molar-refractivity contribution in [1.82, 2.24) is 15.0 Å². The quantitative estimate of drug-likeness (QED) is 0.330. The van der Waals surface area contributed by atoms with E-state index in [4.69, 9.17) is 4.74 Å². The molecule has 188 valence electrons. The molecule has 0 aliphatic carbocycles. The standard InChI is InChI=1S/C25H32N4O5S/c1-4-28-24(31)22(27-19-15-26-12-10-17(19)3)21(25(32)33)23(18-11-14-35-16-18)29(28)13-8-6-7-9-20(30)34-5-2/h10-12,14-16,23,27H,4-9,13H2,1-3H3,(H,32,33). The Balaban J connectivity index is 1.93. The molecular weight excluding hydrogens is 468 g/mol. The number of hydrogen-bond acceptors (Lipinski definition) is 8. The molecule has 2 N–H and O–H groups in total. The van der Waals surface area contributed by atoms with Gasteiger partial charge in [-0.3, -0.25) is 19.6 Å². The first kappa shape index (κ1) is 26.4. The minimum absolute atomic E-state index is 0.00729. The van der Waals surface area contributed by atoms with Crippen LogP contribution in [0.2, 0.25) is 0 Å². The van der Waals surface area contributed by atoms with Crippen molar-refractivity contribution in [1.29, 1.82) is 0 Å². The molecule has 2 aromatic heterocycles. The van der Waals surface area contributed by atoms with Crippen LogP contribution in [0.3, 0.4) is 0 Å². The van der Waals surface area contributed by atoms with Crippen LogP contribution < -0.4 is 5.32 Å². The maximum Gasteiger partial charge on any atom is 0.335 e. The maximum absolute atomic E-state index is 13.6. The Bertz CT molecular complexity index is 1070. The van der Waals surface area contributed by atoms with Crippen LogP contribution in [0.15, 0.2) is 46.6 Å². The van der Waals surface area contributed by atoms with E-state index in [9.17, 15) is 19.5 Å². The molecule has 0 saturated heterocycles. The van der Waals surface area contributed by atoms with Crippen molar-refractivity contribution in [2.24, 2.45) is 0 Å². The van der Waals surface area contributed by atoms with Crippen LogP contribution in [0.4, 0.5) is 5.69 Å². The fourth-order valence-electron chi connectivity index (χ4n) is 4.16. The van der Waals surface area contributed by atoms with E-state index in [1.54, 1.807) is 30.4 Å². The number of likely N-dealkylation sites (N-methyl/N-ethyl adjacent to an activating group) is 1. The predicted molar refractivity (Wildman–Crippen MR) is 134 cm³/mol. The van der Waals surface area contributed by atoms with Crippen molar-refractivity contribution in [3.63, 3.8) is 0 Å². The number of carboxylic acid groups (broad SMARTS) is 1. The summed E-state index contributed by atoms with van der Waals surface area (Å²) in [6, 6.07) is 3.05. The summed E-state index contributed by atoms with van der Waals surface area (Å²) in [5.74, 6) is -1.77. The predicted octanol–water partition coefficient (Wildman–Crippen LogP) is 4.15. The SMILES string of the molecule is CCOC(=O)CCCCCN1C(c2ccsc2)C(C(=O)O)=C(Nc2cnccc2C)C(=O)N1CC. The molecule has 35 heavy (non-hydrogen) atoms. The number of aromatic nitrogens is 1. The molecule has 3 rings (SSSR count). The summed E-state index contributed by atoms with van der Waals surface area (Å²) in [5, 5.41) is 20.6. The number of amides is 1. The minimum atomic E-state index is -1.15. The van der Waals surface area contributed by atoms with Gasteiger partial charge in [0.2, 0.25) is 0 Å². The number of aryl methyl sites for hydroxylation is 1. The zero-order chi connectivity index (χ0) is 25.4. The number of rotatable bonds is 12. The fourth-order valence-corrected chi connectivity index (χ4v) is 4.84. The molecule has 0 fully saturated rings. The van der Waals surface area contributed by atoms with Crippen LogP contribution in [0.1, 0.15) is 56.7 Å². The van der Waals surface area contributed by atoms with Gasteiger partial charge in [-0.25, -0.2) is 9.80 Å². The summed E-state index contributed by atoms with van der Waals surface area (Å²) in [7, 11) is 0. The molecule has 1 unspecified atom stereocenters. The van der Waals surface area contributed by atoms with Gasteiger partial charge in [0.15, 0.2) is 0 Å². The number of hydrogen-bond donors (Lipinski definition) is 2. The minimum Gasteiger partial charge on any atom is -0.478 e.